The standard InChI is InChI=1S/C24H39N5O/c1-4-25-24(27-21-12-15-28(16-13-21)18-19(2)3)26-14-7-10-23(30)29-17-11-20-8-5-6-9-22(20)29/h5-6,8-9,19,21H,4,7,10-18H2,1-3H3,(H2,25,26,27). The van der Waals surface area contributed by atoms with Gasteiger partial charge in [0.05, 0.1) is 0 Å². The monoisotopic (exact) mass is 413 g/mol. The summed E-state index contributed by atoms with van der Waals surface area (Å²) in [7, 11) is 0. The van der Waals surface area contributed by atoms with Crippen LogP contribution in [0.1, 0.15) is 52.0 Å². The molecule has 166 valence electrons. The molecule has 3 rings (SSSR count). The first kappa shape index (κ1) is 22.6. The molecule has 2 aliphatic rings. The number of fused-ring (bicyclic) bond motifs is 1. The SMILES string of the molecule is CCNC(=NCCCC(=O)N1CCc2ccccc21)NC1CCN(CC(C)C)CC1. The number of rotatable bonds is 8. The lowest BCUT2D eigenvalue weighted by atomic mass is 10.0. The molecule has 1 fully saturated rings. The fraction of sp³-hybridized carbons (Fsp3) is 0.667. The number of nitrogens with zero attached hydrogens (tertiary/aromatic N) is 3. The average molecular weight is 414 g/mol. The first-order valence-electron chi connectivity index (χ1n) is 11.7. The van der Waals surface area contributed by atoms with Gasteiger partial charge in [-0.15, -0.1) is 0 Å². The number of piperidine rings is 1. The van der Waals surface area contributed by atoms with Gasteiger partial charge in [-0.25, -0.2) is 0 Å². The maximum Gasteiger partial charge on any atom is 0.227 e. The highest BCUT2D eigenvalue weighted by molar-refractivity contribution is 5.95. The Morgan fingerprint density at radius 3 is 2.70 bits per heavy atom. The van der Waals surface area contributed by atoms with Crippen LogP contribution in [0.3, 0.4) is 0 Å². The highest BCUT2D eigenvalue weighted by atomic mass is 16.2. The molecule has 0 aliphatic carbocycles. The van der Waals surface area contributed by atoms with E-state index in [1.54, 1.807) is 0 Å². The van der Waals surface area contributed by atoms with Crippen LogP contribution in [0.5, 0.6) is 0 Å². The number of nitrogens with one attached hydrogen (secondary N) is 2. The summed E-state index contributed by atoms with van der Waals surface area (Å²) in [6.45, 7) is 12.5. The predicted octanol–water partition coefficient (Wildman–Crippen LogP) is 3.03. The van der Waals surface area contributed by atoms with Crippen LogP contribution in [0.4, 0.5) is 5.69 Å². The van der Waals surface area contributed by atoms with E-state index in [1.807, 2.05) is 17.0 Å². The zero-order valence-electron chi connectivity index (χ0n) is 19.0. The van der Waals surface area contributed by atoms with E-state index in [1.165, 1.54) is 12.1 Å². The van der Waals surface area contributed by atoms with Gasteiger partial charge >= 0.3 is 0 Å². The molecular formula is C24H39N5O. The summed E-state index contributed by atoms with van der Waals surface area (Å²) in [4.78, 5) is 21.9. The zero-order chi connectivity index (χ0) is 21.3. The fourth-order valence-corrected chi connectivity index (χ4v) is 4.44. The van der Waals surface area contributed by atoms with Crippen molar-refractivity contribution in [2.75, 3.05) is 44.2 Å². The molecule has 1 aromatic rings. The lowest BCUT2D eigenvalue weighted by Gasteiger charge is -2.34. The Bertz CT molecular complexity index is 709. The van der Waals surface area contributed by atoms with Crippen molar-refractivity contribution < 1.29 is 4.79 Å². The maximum atomic E-state index is 12.6. The van der Waals surface area contributed by atoms with Gasteiger partial charge < -0.3 is 20.4 Å². The Labute approximate surface area is 182 Å². The number of likely N-dealkylation sites (tertiary alicyclic amines) is 1. The van der Waals surface area contributed by atoms with Crippen LogP contribution < -0.4 is 15.5 Å². The summed E-state index contributed by atoms with van der Waals surface area (Å²) >= 11 is 0. The highest BCUT2D eigenvalue weighted by Crippen LogP contribution is 2.28. The van der Waals surface area contributed by atoms with Gasteiger partial charge in [-0.1, -0.05) is 32.0 Å². The third-order valence-corrected chi connectivity index (χ3v) is 5.90. The molecule has 0 unspecified atom stereocenters. The van der Waals surface area contributed by atoms with Crippen molar-refractivity contribution in [3.8, 4) is 0 Å². The first-order chi connectivity index (χ1) is 14.6. The molecule has 0 aromatic heterocycles. The minimum atomic E-state index is 0.214. The summed E-state index contributed by atoms with van der Waals surface area (Å²) < 4.78 is 0. The second-order valence-corrected chi connectivity index (χ2v) is 8.90. The molecule has 2 N–H and O–H groups in total. The number of amides is 1. The second kappa shape index (κ2) is 11.3. The molecular weight excluding hydrogens is 374 g/mol. The molecule has 0 saturated carbocycles. The Hall–Kier alpha value is -2.08. The van der Waals surface area contributed by atoms with Gasteiger partial charge in [-0.05, 0) is 50.2 Å². The summed E-state index contributed by atoms with van der Waals surface area (Å²) in [5, 5.41) is 6.96. The third kappa shape index (κ3) is 6.46. The molecule has 1 amide bonds. The van der Waals surface area contributed by atoms with E-state index in [9.17, 15) is 4.79 Å². The number of benzene rings is 1. The van der Waals surface area contributed by atoms with Crippen LogP contribution in [0, 0.1) is 5.92 Å². The van der Waals surface area contributed by atoms with E-state index in [-0.39, 0.29) is 5.91 Å². The number of hydrogen-bond donors (Lipinski definition) is 2. The van der Waals surface area contributed by atoms with E-state index in [0.717, 1.165) is 69.4 Å². The molecule has 6 heteroatoms. The van der Waals surface area contributed by atoms with Crippen molar-refractivity contribution in [1.82, 2.24) is 15.5 Å². The van der Waals surface area contributed by atoms with E-state index in [2.05, 4.69) is 48.4 Å². The summed E-state index contributed by atoms with van der Waals surface area (Å²) in [6, 6.07) is 8.71. The molecule has 30 heavy (non-hydrogen) atoms. The molecule has 0 bridgehead atoms. The number of carbonyl (C=O) groups excluding carboxylic acids is 1. The fourth-order valence-electron chi connectivity index (χ4n) is 4.44. The van der Waals surface area contributed by atoms with Crippen LogP contribution in [0.2, 0.25) is 0 Å². The molecule has 1 saturated heterocycles. The number of anilines is 1. The van der Waals surface area contributed by atoms with Crippen molar-refractivity contribution in [3.63, 3.8) is 0 Å². The summed E-state index contributed by atoms with van der Waals surface area (Å²) in [6.07, 6.45) is 4.60. The zero-order valence-corrected chi connectivity index (χ0v) is 19.0. The lowest BCUT2D eigenvalue weighted by Crippen LogP contribution is -2.49. The van der Waals surface area contributed by atoms with E-state index in [0.29, 0.717) is 19.0 Å². The van der Waals surface area contributed by atoms with Crippen LogP contribution in [-0.2, 0) is 11.2 Å². The minimum Gasteiger partial charge on any atom is -0.357 e. The molecule has 6 nitrogen and oxygen atoms in total. The third-order valence-electron chi connectivity index (χ3n) is 5.90. The largest absolute Gasteiger partial charge is 0.357 e. The molecule has 0 spiro atoms. The molecule has 2 aliphatic heterocycles. The molecule has 1 aromatic carbocycles. The van der Waals surface area contributed by atoms with Gasteiger partial charge in [0, 0.05) is 57.4 Å². The van der Waals surface area contributed by atoms with Gasteiger partial charge in [0.1, 0.15) is 0 Å². The van der Waals surface area contributed by atoms with Gasteiger partial charge in [-0.2, -0.15) is 0 Å². The van der Waals surface area contributed by atoms with E-state index >= 15 is 0 Å². The summed E-state index contributed by atoms with van der Waals surface area (Å²) in [5.41, 5.74) is 2.37. The number of guanidine groups is 1. The highest BCUT2D eigenvalue weighted by Gasteiger charge is 2.23. The average Bonchev–Trinajstić information content (AvgIpc) is 3.16. The van der Waals surface area contributed by atoms with Crippen molar-refractivity contribution in [2.45, 2.75) is 58.9 Å². The van der Waals surface area contributed by atoms with Crippen molar-refractivity contribution >= 4 is 17.6 Å². The molecule has 2 heterocycles. The quantitative estimate of drug-likeness (QED) is 0.391. The van der Waals surface area contributed by atoms with E-state index < -0.39 is 0 Å². The summed E-state index contributed by atoms with van der Waals surface area (Å²) in [5.74, 6) is 1.83. The first-order valence-corrected chi connectivity index (χ1v) is 11.7. The van der Waals surface area contributed by atoms with Crippen molar-refractivity contribution in [2.24, 2.45) is 10.9 Å². The van der Waals surface area contributed by atoms with Crippen molar-refractivity contribution in [3.05, 3.63) is 29.8 Å². The van der Waals surface area contributed by atoms with Gasteiger partial charge in [0.2, 0.25) is 5.91 Å². The normalized spacial score (nSPS) is 18.0. The number of para-hydroxylation sites is 1. The number of aliphatic imine (C=N–C) groups is 1. The number of hydrogen-bond acceptors (Lipinski definition) is 3. The smallest absolute Gasteiger partial charge is 0.227 e. The van der Waals surface area contributed by atoms with Gasteiger partial charge in [0.15, 0.2) is 5.96 Å². The van der Waals surface area contributed by atoms with Gasteiger partial charge in [0.25, 0.3) is 0 Å². The van der Waals surface area contributed by atoms with Gasteiger partial charge in [-0.3, -0.25) is 9.79 Å². The Morgan fingerprint density at radius 2 is 1.97 bits per heavy atom. The van der Waals surface area contributed by atoms with E-state index in [4.69, 9.17) is 4.99 Å². The molecule has 0 radical (unpaired) electrons. The van der Waals surface area contributed by atoms with Crippen molar-refractivity contribution in [1.29, 1.82) is 0 Å². The maximum absolute atomic E-state index is 12.6. The van der Waals surface area contributed by atoms with Crippen LogP contribution >= 0.6 is 0 Å². The second-order valence-electron chi connectivity index (χ2n) is 8.90. The van der Waals surface area contributed by atoms with Crippen LogP contribution in [-0.4, -0.2) is 62.1 Å². The Kier molecular flexibility index (Phi) is 8.55. The molecule has 0 atom stereocenters. The van der Waals surface area contributed by atoms with Crippen LogP contribution in [0.25, 0.3) is 0 Å². The Morgan fingerprint density at radius 1 is 1.20 bits per heavy atom. The topological polar surface area (TPSA) is 60.0 Å². The number of carbonyl (C=O) groups is 1. The lowest BCUT2D eigenvalue weighted by molar-refractivity contribution is -0.118. The predicted molar refractivity (Wildman–Crippen MR) is 125 cm³/mol. The van der Waals surface area contributed by atoms with Crippen LogP contribution in [0.15, 0.2) is 29.3 Å². The minimum absolute atomic E-state index is 0.214. The Balaban J connectivity index is 1.41.